The van der Waals surface area contributed by atoms with E-state index < -0.39 is 17.7 Å². The highest BCUT2D eigenvalue weighted by Gasteiger charge is 2.46. The van der Waals surface area contributed by atoms with E-state index in [0.717, 1.165) is 25.1 Å². The SMILES string of the molecule is CCCOc1cccc(C(O)=C2C(=O)C(=O)N(CCN3CCOCC3)C2c2ccc(OC)cc2)c1. The largest absolute Gasteiger partial charge is 0.507 e. The molecule has 35 heavy (non-hydrogen) atoms. The van der Waals surface area contributed by atoms with Crippen molar-refractivity contribution >= 4 is 17.4 Å². The molecule has 1 atom stereocenters. The second-order valence-electron chi connectivity index (χ2n) is 8.60. The molecule has 2 aromatic rings. The minimum atomic E-state index is -0.706. The Kier molecular flexibility index (Phi) is 8.05. The Balaban J connectivity index is 1.71. The van der Waals surface area contributed by atoms with Crippen LogP contribution in [0.2, 0.25) is 0 Å². The lowest BCUT2D eigenvalue weighted by Crippen LogP contribution is -2.42. The number of carbonyl (C=O) groups is 2. The van der Waals surface area contributed by atoms with Gasteiger partial charge in [0.05, 0.1) is 38.5 Å². The van der Waals surface area contributed by atoms with Crippen LogP contribution in [0.15, 0.2) is 54.1 Å². The molecular weight excluding hydrogens is 448 g/mol. The van der Waals surface area contributed by atoms with Gasteiger partial charge in [-0.05, 0) is 36.2 Å². The Morgan fingerprint density at radius 2 is 1.80 bits per heavy atom. The maximum Gasteiger partial charge on any atom is 0.295 e. The summed E-state index contributed by atoms with van der Waals surface area (Å²) in [6.45, 7) is 6.39. The van der Waals surface area contributed by atoms with Crippen LogP contribution in [-0.4, -0.2) is 79.7 Å². The van der Waals surface area contributed by atoms with E-state index >= 15 is 0 Å². The number of nitrogens with zero attached hydrogens (tertiary/aromatic N) is 2. The van der Waals surface area contributed by atoms with E-state index in [1.165, 1.54) is 0 Å². The Labute approximate surface area is 205 Å². The molecule has 2 heterocycles. The number of aliphatic hydroxyl groups excluding tert-OH is 1. The van der Waals surface area contributed by atoms with Gasteiger partial charge in [-0.1, -0.05) is 31.2 Å². The van der Waals surface area contributed by atoms with E-state index in [0.29, 0.717) is 50.0 Å². The van der Waals surface area contributed by atoms with Gasteiger partial charge in [-0.15, -0.1) is 0 Å². The van der Waals surface area contributed by atoms with Crippen molar-refractivity contribution in [3.05, 3.63) is 65.2 Å². The first-order valence-corrected chi connectivity index (χ1v) is 12.0. The lowest BCUT2D eigenvalue weighted by atomic mass is 9.95. The Bertz CT molecular complexity index is 1080. The van der Waals surface area contributed by atoms with Crippen molar-refractivity contribution in [2.24, 2.45) is 0 Å². The number of methoxy groups -OCH3 is 1. The molecule has 4 rings (SSSR count). The van der Waals surface area contributed by atoms with Gasteiger partial charge < -0.3 is 24.2 Å². The predicted octanol–water partition coefficient (Wildman–Crippen LogP) is 3.24. The van der Waals surface area contributed by atoms with Crippen LogP contribution in [0.5, 0.6) is 11.5 Å². The number of rotatable bonds is 9. The van der Waals surface area contributed by atoms with Crippen LogP contribution < -0.4 is 9.47 Å². The zero-order chi connectivity index (χ0) is 24.8. The molecule has 1 N–H and O–H groups in total. The lowest BCUT2D eigenvalue weighted by molar-refractivity contribution is -0.140. The number of hydrogen-bond acceptors (Lipinski definition) is 7. The lowest BCUT2D eigenvalue weighted by Gasteiger charge is -2.31. The summed E-state index contributed by atoms with van der Waals surface area (Å²) in [5, 5.41) is 11.3. The Morgan fingerprint density at radius 1 is 1.06 bits per heavy atom. The van der Waals surface area contributed by atoms with Gasteiger partial charge in [0.1, 0.15) is 17.3 Å². The first-order valence-electron chi connectivity index (χ1n) is 12.0. The van der Waals surface area contributed by atoms with Crippen LogP contribution in [0.25, 0.3) is 5.76 Å². The number of carbonyl (C=O) groups excluding carboxylic acids is 2. The highest BCUT2D eigenvalue weighted by Crippen LogP contribution is 2.40. The highest BCUT2D eigenvalue weighted by molar-refractivity contribution is 6.46. The number of ketones is 1. The molecule has 186 valence electrons. The topological polar surface area (TPSA) is 88.5 Å². The maximum atomic E-state index is 13.2. The van der Waals surface area contributed by atoms with Crippen molar-refractivity contribution in [3.63, 3.8) is 0 Å². The molecule has 8 nitrogen and oxygen atoms in total. The van der Waals surface area contributed by atoms with E-state index in [1.54, 1.807) is 48.4 Å². The molecule has 2 fully saturated rings. The molecule has 2 saturated heterocycles. The van der Waals surface area contributed by atoms with Gasteiger partial charge >= 0.3 is 0 Å². The average molecular weight is 481 g/mol. The molecule has 0 saturated carbocycles. The Hall–Kier alpha value is -3.36. The molecule has 1 amide bonds. The zero-order valence-corrected chi connectivity index (χ0v) is 20.2. The number of benzene rings is 2. The van der Waals surface area contributed by atoms with Gasteiger partial charge in [0.25, 0.3) is 11.7 Å². The standard InChI is InChI=1S/C27H32N2O6/c1-3-15-35-22-6-4-5-20(18-22)25(30)23-24(19-7-9-21(33-2)10-8-19)29(27(32)26(23)31)12-11-28-13-16-34-17-14-28/h4-10,18,24,30H,3,11-17H2,1-2H3. The van der Waals surface area contributed by atoms with Crippen LogP contribution in [-0.2, 0) is 14.3 Å². The predicted molar refractivity (Wildman–Crippen MR) is 131 cm³/mol. The third-order valence-corrected chi connectivity index (χ3v) is 6.31. The van der Waals surface area contributed by atoms with E-state index in [-0.39, 0.29) is 11.3 Å². The van der Waals surface area contributed by atoms with Gasteiger partial charge in [0.15, 0.2) is 0 Å². The van der Waals surface area contributed by atoms with Gasteiger partial charge in [0.2, 0.25) is 0 Å². The molecule has 0 radical (unpaired) electrons. The molecule has 1 unspecified atom stereocenters. The first-order chi connectivity index (χ1) is 17.0. The normalized spacial score (nSPS) is 20.3. The summed E-state index contributed by atoms with van der Waals surface area (Å²) < 4.78 is 16.4. The molecule has 0 aromatic heterocycles. The molecular formula is C27H32N2O6. The third kappa shape index (κ3) is 5.49. The third-order valence-electron chi connectivity index (χ3n) is 6.31. The number of morpholine rings is 1. The van der Waals surface area contributed by atoms with Crippen molar-refractivity contribution < 1.29 is 28.9 Å². The van der Waals surface area contributed by atoms with Crippen molar-refractivity contribution in [3.8, 4) is 11.5 Å². The number of Topliss-reactive ketones (excluding diaryl/α,β-unsaturated/α-hetero) is 1. The molecule has 0 spiro atoms. The molecule has 8 heteroatoms. The smallest absolute Gasteiger partial charge is 0.295 e. The van der Waals surface area contributed by atoms with Crippen LogP contribution >= 0.6 is 0 Å². The fraction of sp³-hybridized carbons (Fsp3) is 0.407. The second kappa shape index (κ2) is 11.4. The van der Waals surface area contributed by atoms with Gasteiger partial charge in [-0.2, -0.15) is 0 Å². The molecule has 2 aliphatic heterocycles. The molecule has 0 bridgehead atoms. The van der Waals surface area contributed by atoms with Crippen LogP contribution in [0, 0.1) is 0 Å². The second-order valence-corrected chi connectivity index (χ2v) is 8.60. The van der Waals surface area contributed by atoms with E-state index in [4.69, 9.17) is 14.2 Å². The summed E-state index contributed by atoms with van der Waals surface area (Å²) >= 11 is 0. The number of likely N-dealkylation sites (tertiary alicyclic amines) is 1. The first kappa shape index (κ1) is 24.8. The van der Waals surface area contributed by atoms with Crippen molar-refractivity contribution in [2.75, 3.05) is 53.1 Å². The Morgan fingerprint density at radius 3 is 2.49 bits per heavy atom. The summed E-state index contributed by atoms with van der Waals surface area (Å²) in [4.78, 5) is 30.2. The minimum Gasteiger partial charge on any atom is -0.507 e. The van der Waals surface area contributed by atoms with Crippen LogP contribution in [0.3, 0.4) is 0 Å². The number of aliphatic hydroxyl groups is 1. The van der Waals surface area contributed by atoms with E-state index in [2.05, 4.69) is 4.90 Å². The number of ether oxygens (including phenoxy) is 3. The summed E-state index contributed by atoms with van der Waals surface area (Å²) in [6, 6.07) is 13.5. The fourth-order valence-electron chi connectivity index (χ4n) is 4.43. The van der Waals surface area contributed by atoms with Crippen LogP contribution in [0.1, 0.15) is 30.5 Å². The molecule has 2 aliphatic rings. The van der Waals surface area contributed by atoms with Gasteiger partial charge in [0, 0.05) is 31.7 Å². The van der Waals surface area contributed by atoms with Gasteiger partial charge in [-0.3, -0.25) is 14.5 Å². The van der Waals surface area contributed by atoms with Crippen molar-refractivity contribution in [1.82, 2.24) is 9.80 Å². The highest BCUT2D eigenvalue weighted by atomic mass is 16.5. The summed E-state index contributed by atoms with van der Waals surface area (Å²) in [7, 11) is 1.58. The molecule has 2 aromatic carbocycles. The van der Waals surface area contributed by atoms with Crippen LogP contribution in [0.4, 0.5) is 0 Å². The van der Waals surface area contributed by atoms with E-state index in [1.807, 2.05) is 19.1 Å². The van der Waals surface area contributed by atoms with Crippen molar-refractivity contribution in [1.29, 1.82) is 0 Å². The van der Waals surface area contributed by atoms with Crippen molar-refractivity contribution in [2.45, 2.75) is 19.4 Å². The van der Waals surface area contributed by atoms with Gasteiger partial charge in [-0.25, -0.2) is 0 Å². The quantitative estimate of drug-likeness (QED) is 0.335. The minimum absolute atomic E-state index is 0.0785. The summed E-state index contributed by atoms with van der Waals surface area (Å²) in [5.74, 6) is -0.248. The zero-order valence-electron chi connectivity index (χ0n) is 20.2. The summed E-state index contributed by atoms with van der Waals surface area (Å²) in [6.07, 6.45) is 0.849. The monoisotopic (exact) mass is 480 g/mol. The average Bonchev–Trinajstić information content (AvgIpc) is 3.16. The fourth-order valence-corrected chi connectivity index (χ4v) is 4.43. The molecule has 0 aliphatic carbocycles. The summed E-state index contributed by atoms with van der Waals surface area (Å²) in [5.41, 5.74) is 1.24. The number of hydrogen-bond donors (Lipinski definition) is 1. The maximum absolute atomic E-state index is 13.2. The number of amides is 1. The van der Waals surface area contributed by atoms with E-state index in [9.17, 15) is 14.7 Å².